The molecular formula is C9H24N2O. The molecule has 0 saturated carbocycles. The first kappa shape index (κ1) is 14.4. The molecular weight excluding hydrogens is 152 g/mol. The highest BCUT2D eigenvalue weighted by atomic mass is 16.3. The van der Waals surface area contributed by atoms with Gasteiger partial charge in [-0.05, 0) is 40.0 Å². The molecule has 12 heavy (non-hydrogen) atoms. The van der Waals surface area contributed by atoms with Crippen LogP contribution in [-0.4, -0.2) is 38.9 Å². The third kappa shape index (κ3) is 22.5. The van der Waals surface area contributed by atoms with Crippen molar-refractivity contribution in [2.75, 3.05) is 33.8 Å². The van der Waals surface area contributed by atoms with Gasteiger partial charge in [-0.1, -0.05) is 13.3 Å². The second-order valence-electron chi connectivity index (χ2n) is 2.64. The maximum absolute atomic E-state index is 8.16. The van der Waals surface area contributed by atoms with Crippen LogP contribution in [0.15, 0.2) is 0 Å². The first-order chi connectivity index (χ1) is 5.83. The van der Waals surface area contributed by atoms with Gasteiger partial charge in [-0.2, -0.15) is 0 Å². The smallest absolute Gasteiger partial charge is 0.0443 e. The molecule has 0 heterocycles. The Bertz CT molecular complexity index is 44.5. The summed E-state index contributed by atoms with van der Waals surface area (Å²) in [6.07, 6.45) is 3.45. The van der Waals surface area contributed by atoms with E-state index in [-0.39, 0.29) is 0 Å². The SMILES string of the molecule is CCCCNC.CNCCCO. The van der Waals surface area contributed by atoms with Crippen LogP contribution >= 0.6 is 0 Å². The Morgan fingerprint density at radius 1 is 1.00 bits per heavy atom. The van der Waals surface area contributed by atoms with Crippen LogP contribution in [0.5, 0.6) is 0 Å². The molecule has 0 radical (unpaired) electrons. The summed E-state index contributed by atoms with van der Waals surface area (Å²) in [5.74, 6) is 0. The molecule has 0 aromatic carbocycles. The average molecular weight is 176 g/mol. The molecule has 0 aromatic rings. The predicted octanol–water partition coefficient (Wildman–Crippen LogP) is 0.594. The van der Waals surface area contributed by atoms with E-state index in [1.54, 1.807) is 0 Å². The van der Waals surface area contributed by atoms with Gasteiger partial charge < -0.3 is 15.7 Å². The normalized spacial score (nSPS) is 9.00. The van der Waals surface area contributed by atoms with E-state index in [1.807, 2.05) is 14.1 Å². The molecule has 0 aliphatic rings. The summed E-state index contributed by atoms with van der Waals surface area (Å²) in [5, 5.41) is 14.1. The van der Waals surface area contributed by atoms with Crippen molar-refractivity contribution in [2.45, 2.75) is 26.2 Å². The van der Waals surface area contributed by atoms with E-state index in [2.05, 4.69) is 17.6 Å². The minimum atomic E-state index is 0.292. The number of aliphatic hydroxyl groups is 1. The molecule has 0 bridgehead atoms. The van der Waals surface area contributed by atoms with E-state index in [0.717, 1.165) is 19.5 Å². The maximum atomic E-state index is 8.16. The van der Waals surface area contributed by atoms with E-state index >= 15 is 0 Å². The summed E-state index contributed by atoms with van der Waals surface area (Å²) in [6.45, 7) is 4.56. The minimum absolute atomic E-state index is 0.292. The van der Waals surface area contributed by atoms with Crippen LogP contribution in [0.4, 0.5) is 0 Å². The predicted molar refractivity (Wildman–Crippen MR) is 54.5 cm³/mol. The molecule has 0 rings (SSSR count). The molecule has 76 valence electrons. The number of aliphatic hydroxyl groups excluding tert-OH is 1. The van der Waals surface area contributed by atoms with E-state index in [0.29, 0.717) is 6.61 Å². The fourth-order valence-electron chi connectivity index (χ4n) is 0.609. The number of hydrogen-bond acceptors (Lipinski definition) is 3. The van der Waals surface area contributed by atoms with Gasteiger partial charge in [0.1, 0.15) is 0 Å². The van der Waals surface area contributed by atoms with Crippen LogP contribution in [0.2, 0.25) is 0 Å². The Hall–Kier alpha value is -0.120. The van der Waals surface area contributed by atoms with E-state index in [9.17, 15) is 0 Å². The third-order valence-electron chi connectivity index (χ3n) is 1.37. The lowest BCUT2D eigenvalue weighted by molar-refractivity contribution is 0.287. The Labute approximate surface area is 76.6 Å². The van der Waals surface area contributed by atoms with Crippen molar-refractivity contribution >= 4 is 0 Å². The molecule has 3 heteroatoms. The van der Waals surface area contributed by atoms with E-state index < -0.39 is 0 Å². The van der Waals surface area contributed by atoms with Gasteiger partial charge in [0.15, 0.2) is 0 Å². The maximum Gasteiger partial charge on any atom is 0.0443 e. The van der Waals surface area contributed by atoms with Gasteiger partial charge in [0, 0.05) is 6.61 Å². The summed E-state index contributed by atoms with van der Waals surface area (Å²) in [5.41, 5.74) is 0. The number of hydrogen-bond donors (Lipinski definition) is 3. The molecule has 0 spiro atoms. The summed E-state index contributed by atoms with van der Waals surface area (Å²) in [7, 11) is 3.85. The van der Waals surface area contributed by atoms with Crippen LogP contribution in [0, 0.1) is 0 Å². The summed E-state index contributed by atoms with van der Waals surface area (Å²) in [4.78, 5) is 0. The van der Waals surface area contributed by atoms with Crippen molar-refractivity contribution in [3.8, 4) is 0 Å². The topological polar surface area (TPSA) is 44.3 Å². The summed E-state index contributed by atoms with van der Waals surface area (Å²) < 4.78 is 0. The fraction of sp³-hybridized carbons (Fsp3) is 1.00. The second kappa shape index (κ2) is 17.1. The van der Waals surface area contributed by atoms with Gasteiger partial charge in [-0.3, -0.25) is 0 Å². The lowest BCUT2D eigenvalue weighted by Crippen LogP contribution is -2.08. The zero-order valence-electron chi connectivity index (χ0n) is 8.69. The van der Waals surface area contributed by atoms with Crippen molar-refractivity contribution in [2.24, 2.45) is 0 Å². The van der Waals surface area contributed by atoms with Gasteiger partial charge in [-0.15, -0.1) is 0 Å². The Morgan fingerprint density at radius 3 is 1.67 bits per heavy atom. The van der Waals surface area contributed by atoms with Gasteiger partial charge in [0.25, 0.3) is 0 Å². The van der Waals surface area contributed by atoms with Gasteiger partial charge in [-0.25, -0.2) is 0 Å². The molecule has 0 saturated heterocycles. The Balaban J connectivity index is 0. The van der Waals surface area contributed by atoms with Crippen LogP contribution in [-0.2, 0) is 0 Å². The van der Waals surface area contributed by atoms with Crippen molar-refractivity contribution < 1.29 is 5.11 Å². The lowest BCUT2D eigenvalue weighted by Gasteiger charge is -1.89. The number of unbranched alkanes of at least 4 members (excludes halogenated alkanes) is 1. The van der Waals surface area contributed by atoms with Crippen LogP contribution < -0.4 is 10.6 Å². The number of rotatable bonds is 6. The van der Waals surface area contributed by atoms with E-state index in [4.69, 9.17) is 5.11 Å². The Morgan fingerprint density at radius 2 is 1.50 bits per heavy atom. The highest BCUT2D eigenvalue weighted by Crippen LogP contribution is 1.79. The average Bonchev–Trinajstić information content (AvgIpc) is 2.12. The van der Waals surface area contributed by atoms with Gasteiger partial charge >= 0.3 is 0 Å². The Kier molecular flexibility index (Phi) is 20.5. The van der Waals surface area contributed by atoms with Crippen molar-refractivity contribution in [1.29, 1.82) is 0 Å². The zero-order chi connectivity index (χ0) is 9.66. The second-order valence-corrected chi connectivity index (χ2v) is 2.64. The monoisotopic (exact) mass is 176 g/mol. The molecule has 0 aromatic heterocycles. The fourth-order valence-corrected chi connectivity index (χ4v) is 0.609. The highest BCUT2D eigenvalue weighted by molar-refractivity contribution is 4.35. The largest absolute Gasteiger partial charge is 0.396 e. The molecule has 0 unspecified atom stereocenters. The van der Waals surface area contributed by atoms with Crippen LogP contribution in [0.3, 0.4) is 0 Å². The third-order valence-corrected chi connectivity index (χ3v) is 1.37. The van der Waals surface area contributed by atoms with Crippen molar-refractivity contribution in [1.82, 2.24) is 10.6 Å². The standard InChI is InChI=1S/C5H13N.C4H11NO/c1-3-4-5-6-2;1-5-3-2-4-6/h6H,3-5H2,1-2H3;5-6H,2-4H2,1H3. The molecule has 0 aliphatic carbocycles. The molecule has 0 amide bonds. The van der Waals surface area contributed by atoms with Crippen molar-refractivity contribution in [3.63, 3.8) is 0 Å². The molecule has 0 aliphatic heterocycles. The molecule has 0 fully saturated rings. The first-order valence-electron chi connectivity index (χ1n) is 4.73. The van der Waals surface area contributed by atoms with E-state index in [1.165, 1.54) is 12.8 Å². The lowest BCUT2D eigenvalue weighted by atomic mass is 10.3. The highest BCUT2D eigenvalue weighted by Gasteiger charge is 1.74. The minimum Gasteiger partial charge on any atom is -0.396 e. The number of nitrogens with one attached hydrogen (secondary N) is 2. The summed E-state index contributed by atoms with van der Waals surface area (Å²) in [6, 6.07) is 0. The van der Waals surface area contributed by atoms with Crippen molar-refractivity contribution in [3.05, 3.63) is 0 Å². The van der Waals surface area contributed by atoms with Gasteiger partial charge in [0.2, 0.25) is 0 Å². The van der Waals surface area contributed by atoms with Gasteiger partial charge in [0.05, 0.1) is 0 Å². The zero-order valence-corrected chi connectivity index (χ0v) is 8.69. The molecule has 0 atom stereocenters. The molecule has 3 nitrogen and oxygen atoms in total. The summed E-state index contributed by atoms with van der Waals surface area (Å²) >= 11 is 0. The molecule has 3 N–H and O–H groups in total. The van der Waals surface area contributed by atoms with Crippen LogP contribution in [0.1, 0.15) is 26.2 Å². The van der Waals surface area contributed by atoms with Crippen LogP contribution in [0.25, 0.3) is 0 Å². The first-order valence-corrected chi connectivity index (χ1v) is 4.73. The quantitative estimate of drug-likeness (QED) is 0.519.